The first-order chi connectivity index (χ1) is 14.7. The Morgan fingerprint density at radius 1 is 0.900 bits per heavy atom. The summed E-state index contributed by atoms with van der Waals surface area (Å²) in [5.41, 5.74) is 8.47. The van der Waals surface area contributed by atoms with Gasteiger partial charge < -0.3 is 20.3 Å². The van der Waals surface area contributed by atoms with E-state index in [1.165, 1.54) is 22.3 Å². The molecule has 1 saturated heterocycles. The lowest BCUT2D eigenvalue weighted by Crippen LogP contribution is -2.36. The molecule has 1 fully saturated rings. The molecule has 1 aliphatic carbocycles. The van der Waals surface area contributed by atoms with Gasteiger partial charge in [-0.15, -0.1) is 0 Å². The van der Waals surface area contributed by atoms with Crippen LogP contribution in [-0.2, 0) is 11.2 Å². The average molecular weight is 480 g/mol. The Labute approximate surface area is 190 Å². The van der Waals surface area contributed by atoms with Crippen molar-refractivity contribution in [3.63, 3.8) is 0 Å². The van der Waals surface area contributed by atoms with E-state index >= 15 is 0 Å². The molecule has 0 saturated carbocycles. The molecular weight excluding hydrogens is 458 g/mol. The van der Waals surface area contributed by atoms with Gasteiger partial charge in [0.1, 0.15) is 0 Å². The van der Waals surface area contributed by atoms with Gasteiger partial charge in [-0.1, -0.05) is 40.2 Å². The highest BCUT2D eigenvalue weighted by Gasteiger charge is 2.19. The molecule has 4 nitrogen and oxygen atoms in total. The molecule has 0 atom stereocenters. The summed E-state index contributed by atoms with van der Waals surface area (Å²) >= 11 is 9.20. The predicted octanol–water partition coefficient (Wildman–Crippen LogP) is 5.67. The van der Waals surface area contributed by atoms with E-state index < -0.39 is 0 Å². The van der Waals surface area contributed by atoms with Crippen LogP contribution in [0, 0.1) is 0 Å². The number of halogens is 1. The molecule has 0 unspecified atom stereocenters. The number of ether oxygens (including phenoxy) is 1. The van der Waals surface area contributed by atoms with E-state index in [0.717, 1.165) is 54.3 Å². The maximum Gasteiger partial charge on any atom is 0.175 e. The highest BCUT2D eigenvalue weighted by molar-refractivity contribution is 9.10. The first-order valence-corrected chi connectivity index (χ1v) is 11.3. The summed E-state index contributed by atoms with van der Waals surface area (Å²) in [5.74, 6) is 0. The molecule has 1 heterocycles. The van der Waals surface area contributed by atoms with Crippen molar-refractivity contribution in [3.05, 3.63) is 76.3 Å². The van der Waals surface area contributed by atoms with Crippen molar-refractivity contribution in [1.29, 1.82) is 0 Å². The molecule has 0 aromatic heterocycles. The molecule has 30 heavy (non-hydrogen) atoms. The number of rotatable bonds is 3. The smallest absolute Gasteiger partial charge is 0.175 e. The van der Waals surface area contributed by atoms with Crippen LogP contribution in [0.3, 0.4) is 0 Å². The highest BCUT2D eigenvalue weighted by Crippen LogP contribution is 2.39. The van der Waals surface area contributed by atoms with Gasteiger partial charge in [-0.25, -0.2) is 0 Å². The third kappa shape index (κ3) is 3.95. The number of nitrogens with zero attached hydrogens (tertiary/aromatic N) is 1. The number of thiocarbonyl (C=S) groups is 1. The van der Waals surface area contributed by atoms with Gasteiger partial charge in [-0.05, 0) is 77.3 Å². The van der Waals surface area contributed by atoms with E-state index in [4.69, 9.17) is 17.0 Å². The van der Waals surface area contributed by atoms with Crippen molar-refractivity contribution in [3.8, 4) is 11.1 Å². The monoisotopic (exact) mass is 479 g/mol. The molecule has 2 N–H and O–H groups in total. The lowest BCUT2D eigenvalue weighted by Gasteiger charge is -2.30. The minimum Gasteiger partial charge on any atom is -0.378 e. The number of para-hydroxylation sites is 2. The summed E-state index contributed by atoms with van der Waals surface area (Å²) in [6.45, 7) is 3.29. The summed E-state index contributed by atoms with van der Waals surface area (Å²) in [4.78, 5) is 2.33. The lowest BCUT2D eigenvalue weighted by molar-refractivity contribution is 0.123. The maximum absolute atomic E-state index is 5.62. The normalized spacial score (nSPS) is 14.8. The number of benzene rings is 3. The van der Waals surface area contributed by atoms with Gasteiger partial charge in [0.15, 0.2) is 5.11 Å². The molecule has 0 spiro atoms. The second kappa shape index (κ2) is 8.38. The minimum atomic E-state index is 0.592. The van der Waals surface area contributed by atoms with Crippen molar-refractivity contribution < 1.29 is 4.74 Å². The van der Waals surface area contributed by atoms with E-state index in [1.807, 2.05) is 6.07 Å². The molecule has 3 aromatic carbocycles. The van der Waals surface area contributed by atoms with Crippen LogP contribution in [0.2, 0.25) is 0 Å². The zero-order valence-corrected chi connectivity index (χ0v) is 18.9. The second-order valence-electron chi connectivity index (χ2n) is 7.55. The second-order valence-corrected chi connectivity index (χ2v) is 8.87. The lowest BCUT2D eigenvalue weighted by atomic mass is 10.1. The van der Waals surface area contributed by atoms with Crippen LogP contribution in [0.5, 0.6) is 0 Å². The van der Waals surface area contributed by atoms with Crippen molar-refractivity contribution in [1.82, 2.24) is 0 Å². The molecule has 3 aromatic rings. The Morgan fingerprint density at radius 3 is 2.47 bits per heavy atom. The predicted molar refractivity (Wildman–Crippen MR) is 132 cm³/mol. The van der Waals surface area contributed by atoms with Gasteiger partial charge in [0, 0.05) is 23.2 Å². The van der Waals surface area contributed by atoms with Crippen LogP contribution >= 0.6 is 28.1 Å². The summed E-state index contributed by atoms with van der Waals surface area (Å²) in [7, 11) is 0. The Balaban J connectivity index is 1.31. The average Bonchev–Trinajstić information content (AvgIpc) is 3.11. The van der Waals surface area contributed by atoms with E-state index in [9.17, 15) is 0 Å². The Bertz CT molecular complexity index is 1110. The van der Waals surface area contributed by atoms with E-state index in [2.05, 4.69) is 86.1 Å². The summed E-state index contributed by atoms with van der Waals surface area (Å²) in [5, 5.41) is 7.33. The Hall–Kier alpha value is -2.41. The topological polar surface area (TPSA) is 36.5 Å². The molecule has 0 radical (unpaired) electrons. The zero-order valence-electron chi connectivity index (χ0n) is 16.5. The molecule has 1 aliphatic heterocycles. The van der Waals surface area contributed by atoms with E-state index in [-0.39, 0.29) is 0 Å². The first kappa shape index (κ1) is 19.5. The van der Waals surface area contributed by atoms with Crippen LogP contribution < -0.4 is 15.5 Å². The summed E-state index contributed by atoms with van der Waals surface area (Å²) in [6.07, 6.45) is 0.944. The molecule has 2 aliphatic rings. The van der Waals surface area contributed by atoms with Gasteiger partial charge in [-0.2, -0.15) is 0 Å². The molecule has 6 heteroatoms. The van der Waals surface area contributed by atoms with Gasteiger partial charge in [0.05, 0.1) is 24.6 Å². The summed E-state index contributed by atoms with van der Waals surface area (Å²) in [6, 6.07) is 21.2. The summed E-state index contributed by atoms with van der Waals surface area (Å²) < 4.78 is 6.61. The standard InChI is InChI=1S/C24H22BrN3OS/c25-18-5-7-20-16(14-18)13-17-15-19(6-8-21(17)20)26-24(30)27-22-3-1-2-4-23(22)28-9-11-29-12-10-28/h1-8,14-15H,9-13H2,(H2,26,27,30). The van der Waals surface area contributed by atoms with Gasteiger partial charge in [-0.3, -0.25) is 0 Å². The largest absolute Gasteiger partial charge is 0.378 e. The molecule has 5 rings (SSSR count). The molecule has 0 amide bonds. The third-order valence-electron chi connectivity index (χ3n) is 5.61. The van der Waals surface area contributed by atoms with E-state index in [1.54, 1.807) is 0 Å². The molecular formula is C24H22BrN3OS. The third-order valence-corrected chi connectivity index (χ3v) is 6.30. The Kier molecular flexibility index (Phi) is 5.46. The fraction of sp³-hybridized carbons (Fsp3) is 0.208. The fourth-order valence-electron chi connectivity index (χ4n) is 4.20. The van der Waals surface area contributed by atoms with Crippen molar-refractivity contribution in [2.24, 2.45) is 0 Å². The van der Waals surface area contributed by atoms with Crippen LogP contribution in [0.25, 0.3) is 11.1 Å². The number of hydrogen-bond donors (Lipinski definition) is 2. The van der Waals surface area contributed by atoms with Gasteiger partial charge in [0.2, 0.25) is 0 Å². The number of nitrogens with one attached hydrogen (secondary N) is 2. The van der Waals surface area contributed by atoms with Crippen LogP contribution in [0.15, 0.2) is 65.1 Å². The van der Waals surface area contributed by atoms with E-state index in [0.29, 0.717) is 5.11 Å². The number of fused-ring (bicyclic) bond motifs is 3. The maximum atomic E-state index is 5.62. The number of hydrogen-bond acceptors (Lipinski definition) is 3. The van der Waals surface area contributed by atoms with Crippen LogP contribution in [0.4, 0.5) is 17.1 Å². The van der Waals surface area contributed by atoms with Crippen molar-refractivity contribution in [2.75, 3.05) is 41.8 Å². The van der Waals surface area contributed by atoms with Crippen LogP contribution in [-0.4, -0.2) is 31.4 Å². The van der Waals surface area contributed by atoms with Gasteiger partial charge in [0.25, 0.3) is 0 Å². The minimum absolute atomic E-state index is 0.592. The number of morpholine rings is 1. The number of anilines is 3. The molecule has 152 valence electrons. The quantitative estimate of drug-likeness (QED) is 0.370. The SMILES string of the molecule is S=C(Nc1ccc2c(c1)Cc1cc(Br)ccc1-2)Nc1ccccc1N1CCOCC1. The molecule has 0 bridgehead atoms. The van der Waals surface area contributed by atoms with Crippen molar-refractivity contribution in [2.45, 2.75) is 6.42 Å². The Morgan fingerprint density at radius 2 is 1.63 bits per heavy atom. The fourth-order valence-corrected chi connectivity index (χ4v) is 4.84. The first-order valence-electron chi connectivity index (χ1n) is 10.1. The zero-order chi connectivity index (χ0) is 20.5. The van der Waals surface area contributed by atoms with Crippen LogP contribution in [0.1, 0.15) is 11.1 Å². The van der Waals surface area contributed by atoms with Gasteiger partial charge >= 0.3 is 0 Å². The van der Waals surface area contributed by atoms with Crippen molar-refractivity contribution >= 4 is 50.3 Å². The highest BCUT2D eigenvalue weighted by atomic mass is 79.9.